The third-order valence-corrected chi connectivity index (χ3v) is 24.7. The maximum atomic E-state index is 2.63. The van der Waals surface area contributed by atoms with Crippen LogP contribution in [0.4, 0.5) is 0 Å². The van der Waals surface area contributed by atoms with Gasteiger partial charge in [-0.3, -0.25) is 0 Å². The Morgan fingerprint density at radius 1 is 0.250 bits per heavy atom. The van der Waals surface area contributed by atoms with Crippen molar-refractivity contribution in [1.29, 1.82) is 0 Å². The monoisotopic (exact) mass is 1230 g/mol. The maximum absolute atomic E-state index is 2.63. The molecule has 4 heteroatoms. The first-order chi connectivity index (χ1) is 42.7. The summed E-state index contributed by atoms with van der Waals surface area (Å²) in [6.45, 7) is 23.7. The lowest BCUT2D eigenvalue weighted by molar-refractivity contribution is 0.591. The average molecular weight is 1230 g/mol. The lowest BCUT2D eigenvalue weighted by Gasteiger charge is -2.27. The topological polar surface area (TPSA) is 0 Å². The molecule has 0 amide bonds. The first-order valence-electron chi connectivity index (χ1n) is 34.2. The van der Waals surface area contributed by atoms with Crippen molar-refractivity contribution in [2.24, 2.45) is 0 Å². The van der Waals surface area contributed by atoms with E-state index >= 15 is 0 Å². The highest BCUT2D eigenvalue weighted by molar-refractivity contribution is 7.16. The van der Waals surface area contributed by atoms with Crippen LogP contribution in [0.15, 0.2) is 121 Å². The molecule has 0 N–H and O–H groups in total. The molecule has 4 aromatic heterocycles. The molecule has 0 aliphatic heterocycles. The number of rotatable bonds is 24. The number of fused-ring (bicyclic) bond motifs is 4. The Kier molecular flexibility index (Phi) is 16.6. The van der Waals surface area contributed by atoms with Crippen molar-refractivity contribution in [3.63, 3.8) is 0 Å². The van der Waals surface area contributed by atoms with Gasteiger partial charge in [-0.2, -0.15) is 0 Å². The molecule has 0 atom stereocenters. The number of thiophene rings is 4. The fraction of sp³-hybridized carbons (Fsp3) is 0.381. The van der Waals surface area contributed by atoms with Crippen LogP contribution in [0, 0.1) is 0 Å². The lowest BCUT2D eigenvalue weighted by Crippen LogP contribution is -2.11. The van der Waals surface area contributed by atoms with Gasteiger partial charge in [0, 0.05) is 61.3 Å². The van der Waals surface area contributed by atoms with Gasteiger partial charge in [-0.15, -0.1) is 45.3 Å². The predicted molar refractivity (Wildman–Crippen MR) is 400 cm³/mol. The molecule has 0 fully saturated rings. The zero-order chi connectivity index (χ0) is 60.6. The van der Waals surface area contributed by atoms with E-state index in [0.717, 1.165) is 25.7 Å². The normalized spacial score (nSPS) is 12.9. The largest absolute Gasteiger partial charge is 0.140 e. The third kappa shape index (κ3) is 10.7. The summed E-state index contributed by atoms with van der Waals surface area (Å²) in [6, 6.07) is 51.0. The van der Waals surface area contributed by atoms with Crippen molar-refractivity contribution in [1.82, 2.24) is 0 Å². The van der Waals surface area contributed by atoms with Gasteiger partial charge in [0.05, 0.1) is 0 Å². The number of benzene rings is 10. The molecule has 88 heavy (non-hydrogen) atoms. The molecule has 0 aliphatic rings. The van der Waals surface area contributed by atoms with Gasteiger partial charge in [-0.05, 0) is 243 Å². The van der Waals surface area contributed by atoms with Crippen LogP contribution in [-0.2, 0) is 36.5 Å². The Morgan fingerprint density at radius 2 is 0.500 bits per heavy atom. The number of hydrogen-bond acceptors (Lipinski definition) is 4. The smallest absolute Gasteiger partial charge is 0.0352 e. The minimum Gasteiger partial charge on any atom is -0.140 e. The third-order valence-electron chi connectivity index (χ3n) is 20.0. The predicted octanol–water partition coefficient (Wildman–Crippen LogP) is 28.4. The zero-order valence-electron chi connectivity index (χ0n) is 54.3. The van der Waals surface area contributed by atoms with Crippen molar-refractivity contribution < 1.29 is 0 Å². The van der Waals surface area contributed by atoms with Crippen LogP contribution in [-0.4, -0.2) is 0 Å². The fourth-order valence-electron chi connectivity index (χ4n) is 15.2. The van der Waals surface area contributed by atoms with Crippen molar-refractivity contribution in [3.05, 3.63) is 152 Å². The summed E-state index contributed by atoms with van der Waals surface area (Å²) in [5.74, 6) is 0. The highest BCUT2D eigenvalue weighted by Crippen LogP contribution is 2.58. The van der Waals surface area contributed by atoms with Crippen LogP contribution < -0.4 is 0 Å². The lowest BCUT2D eigenvalue weighted by atomic mass is 9.77. The van der Waals surface area contributed by atoms with E-state index in [1.165, 1.54) is 272 Å². The minimum atomic E-state index is -0.0144. The first-order valence-corrected chi connectivity index (χ1v) is 37.5. The summed E-state index contributed by atoms with van der Waals surface area (Å²) >= 11 is 8.21. The van der Waals surface area contributed by atoms with Crippen molar-refractivity contribution in [2.75, 3.05) is 0 Å². The Bertz CT molecular complexity index is 4240. The molecule has 10 aromatic carbocycles. The molecule has 0 spiro atoms. The van der Waals surface area contributed by atoms with E-state index in [2.05, 4.69) is 236 Å². The molecule has 4 heterocycles. The molecule has 0 saturated carbocycles. The second-order valence-corrected chi connectivity index (χ2v) is 33.1. The van der Waals surface area contributed by atoms with Gasteiger partial charge in [-0.1, -0.05) is 195 Å². The van der Waals surface area contributed by atoms with E-state index in [1.807, 2.05) is 0 Å². The van der Waals surface area contributed by atoms with E-state index in [1.54, 1.807) is 0 Å². The second-order valence-electron chi connectivity index (χ2n) is 28.4. The summed E-state index contributed by atoms with van der Waals surface area (Å²) in [7, 11) is 0. The Balaban J connectivity index is 1.15. The molecular weight excluding hydrogens is 1140 g/mol. The molecular formula is C84H90S4. The summed E-state index contributed by atoms with van der Waals surface area (Å²) < 4.78 is 0. The van der Waals surface area contributed by atoms with Crippen LogP contribution in [0.1, 0.15) is 203 Å². The van der Waals surface area contributed by atoms with Gasteiger partial charge in [0.25, 0.3) is 0 Å². The van der Waals surface area contributed by atoms with E-state index in [0.29, 0.717) is 0 Å². The summed E-state index contributed by atoms with van der Waals surface area (Å²) in [5.41, 5.74) is 8.33. The summed E-state index contributed by atoms with van der Waals surface area (Å²) in [5, 5.41) is 25.3. The van der Waals surface area contributed by atoms with E-state index in [4.69, 9.17) is 0 Å². The van der Waals surface area contributed by atoms with E-state index < -0.39 is 0 Å². The second kappa shape index (κ2) is 24.4. The zero-order valence-corrected chi connectivity index (χ0v) is 57.6. The van der Waals surface area contributed by atoms with Gasteiger partial charge in [-0.25, -0.2) is 0 Å². The Labute approximate surface area is 540 Å². The molecule has 0 nitrogen and oxygen atoms in total. The summed E-state index contributed by atoms with van der Waals surface area (Å²) in [6.07, 6.45) is 25.0. The highest BCUT2D eigenvalue weighted by atomic mass is 32.1. The number of unbranched alkanes of at least 4 members (excludes halogenated alkanes) is 12. The van der Waals surface area contributed by atoms with Gasteiger partial charge >= 0.3 is 0 Å². The van der Waals surface area contributed by atoms with Gasteiger partial charge in [0.2, 0.25) is 0 Å². The number of aryl methyl sites for hydroxylation is 4. The summed E-state index contributed by atoms with van der Waals surface area (Å²) in [4.78, 5) is 11.6. The minimum absolute atomic E-state index is 0.0144. The maximum Gasteiger partial charge on any atom is 0.0352 e. The fourth-order valence-corrected chi connectivity index (χ4v) is 19.5. The molecule has 0 saturated heterocycles. The van der Waals surface area contributed by atoms with Gasteiger partial charge in [0.1, 0.15) is 0 Å². The van der Waals surface area contributed by atoms with E-state index in [-0.39, 0.29) is 10.8 Å². The van der Waals surface area contributed by atoms with Crippen LogP contribution in [0.2, 0.25) is 0 Å². The van der Waals surface area contributed by atoms with Crippen molar-refractivity contribution in [3.8, 4) is 41.8 Å². The quantitative estimate of drug-likeness (QED) is 0.0321. The molecule has 450 valence electrons. The van der Waals surface area contributed by atoms with Crippen molar-refractivity contribution in [2.45, 2.75) is 208 Å². The van der Waals surface area contributed by atoms with Crippen LogP contribution >= 0.6 is 45.3 Å². The molecule has 0 bridgehead atoms. The van der Waals surface area contributed by atoms with Crippen molar-refractivity contribution >= 4 is 142 Å². The average Bonchev–Trinajstić information content (AvgIpc) is 0.728. The van der Waals surface area contributed by atoms with Gasteiger partial charge < -0.3 is 0 Å². The molecule has 14 rings (SSSR count). The molecule has 0 unspecified atom stereocenters. The van der Waals surface area contributed by atoms with Gasteiger partial charge in [0.15, 0.2) is 0 Å². The Hall–Kier alpha value is -5.88. The SMILES string of the molecule is CCCCCCc1ccc(-c2cc3cc(C(C)(C)C)cc4cc(-c5ccc(CCCCCC)s5)c5c6ccc7c8c(-c9ccc(CCCCCC)s9)cc9cc(C(C)(C)C)cc%10cc(-c%11ccc(CCCCCC)s%11)c(c%11ccc(c2c5c34)c6c%117)c8c%109)s1. The Morgan fingerprint density at radius 3 is 0.727 bits per heavy atom. The van der Waals surface area contributed by atoms with E-state index in [9.17, 15) is 0 Å². The first kappa shape index (κ1) is 59.7. The van der Waals surface area contributed by atoms with Crippen LogP contribution in [0.5, 0.6) is 0 Å². The highest BCUT2D eigenvalue weighted by Gasteiger charge is 2.30. The molecule has 0 radical (unpaired) electrons. The van der Waals surface area contributed by atoms with Crippen LogP contribution in [0.25, 0.3) is 139 Å². The number of hydrogen-bond donors (Lipinski definition) is 0. The standard InChI is InChI=1S/C84H90S4/c1-11-15-19-23-27-57-31-39-69(85-57)65-47-51-43-55(83(5,6)7)44-52-48-66(70-40-32-58(86-70)28-24-20-16-12-2)78-62-37-38-64-76-63(36-35-61(75(62)76)77(65)81(78)73(51)52)79-67(71-41-33-59(87-71)29-25-21-17-13-3)49-53-45-56(84(8,9)10)46-54-50-68(80(64)82(79)74(53)54)72-42-34-60(88-72)30-26-22-18-14-4/h31-50H,11-30H2,1-10H3. The molecule has 14 aromatic rings. The van der Waals surface area contributed by atoms with Crippen LogP contribution in [0.3, 0.4) is 0 Å². The molecule has 0 aliphatic carbocycles.